The summed E-state index contributed by atoms with van der Waals surface area (Å²) in [5.74, 6) is -1.14. The van der Waals surface area contributed by atoms with Gasteiger partial charge in [0.1, 0.15) is 12.1 Å². The molecule has 2 unspecified atom stereocenters. The number of primary amides is 1. The van der Waals surface area contributed by atoms with Crippen LogP contribution in [0.3, 0.4) is 0 Å². The first-order chi connectivity index (χ1) is 10.5. The number of aliphatic hydroxyl groups is 2. The van der Waals surface area contributed by atoms with Gasteiger partial charge in [0.05, 0.1) is 6.10 Å². The Labute approximate surface area is 129 Å². The lowest BCUT2D eigenvalue weighted by Gasteiger charge is -2.37. The van der Waals surface area contributed by atoms with Gasteiger partial charge in [-0.15, -0.1) is 0 Å². The summed E-state index contributed by atoms with van der Waals surface area (Å²) in [5, 5.41) is 19.7. The minimum atomic E-state index is -1.17. The van der Waals surface area contributed by atoms with Crippen molar-refractivity contribution in [3.8, 4) is 0 Å². The number of nitrogens with zero attached hydrogens (tertiary/aromatic N) is 1. The summed E-state index contributed by atoms with van der Waals surface area (Å²) < 4.78 is 0. The van der Waals surface area contributed by atoms with E-state index in [2.05, 4.69) is 0 Å². The van der Waals surface area contributed by atoms with Crippen LogP contribution in [0.5, 0.6) is 0 Å². The SMILES string of the molecule is NC(=O)C1CC(O)CCN1C(=O)[C@H](O)CCc1ccccc1. The number of aliphatic hydroxyl groups excluding tert-OH is 2. The number of rotatable bonds is 5. The number of piperidine rings is 1. The molecule has 1 heterocycles. The summed E-state index contributed by atoms with van der Waals surface area (Å²) in [4.78, 5) is 25.1. The fraction of sp³-hybridized carbons (Fsp3) is 0.500. The largest absolute Gasteiger partial charge is 0.393 e. The minimum Gasteiger partial charge on any atom is -0.393 e. The first-order valence-corrected chi connectivity index (χ1v) is 7.49. The molecular weight excluding hydrogens is 284 g/mol. The third-order valence-electron chi connectivity index (χ3n) is 4.02. The molecule has 0 saturated carbocycles. The zero-order chi connectivity index (χ0) is 16.1. The normalized spacial score (nSPS) is 23.1. The summed E-state index contributed by atoms with van der Waals surface area (Å²) >= 11 is 0. The monoisotopic (exact) mass is 306 g/mol. The molecule has 1 fully saturated rings. The lowest BCUT2D eigenvalue weighted by atomic mass is 9.97. The van der Waals surface area contributed by atoms with Gasteiger partial charge in [0.2, 0.25) is 5.91 Å². The van der Waals surface area contributed by atoms with E-state index >= 15 is 0 Å². The Kier molecular flexibility index (Phi) is 5.51. The Morgan fingerprint density at radius 1 is 1.32 bits per heavy atom. The minimum absolute atomic E-state index is 0.131. The molecule has 1 aromatic carbocycles. The van der Waals surface area contributed by atoms with E-state index < -0.39 is 30.1 Å². The molecule has 0 radical (unpaired) electrons. The lowest BCUT2D eigenvalue weighted by molar-refractivity contribution is -0.150. The fourth-order valence-corrected chi connectivity index (χ4v) is 2.74. The summed E-state index contributed by atoms with van der Waals surface area (Å²) in [6.07, 6.45) is -0.424. The average molecular weight is 306 g/mol. The number of aryl methyl sites for hydroxylation is 1. The van der Waals surface area contributed by atoms with Crippen LogP contribution in [0, 0.1) is 0 Å². The Bertz CT molecular complexity index is 520. The summed E-state index contributed by atoms with van der Waals surface area (Å²) in [6.45, 7) is 0.232. The van der Waals surface area contributed by atoms with Gasteiger partial charge >= 0.3 is 0 Å². The molecule has 3 atom stereocenters. The van der Waals surface area contributed by atoms with Gasteiger partial charge in [0, 0.05) is 13.0 Å². The van der Waals surface area contributed by atoms with Crippen molar-refractivity contribution in [2.45, 2.75) is 43.9 Å². The van der Waals surface area contributed by atoms with E-state index in [1.165, 1.54) is 4.90 Å². The highest BCUT2D eigenvalue weighted by molar-refractivity contribution is 5.88. The maximum atomic E-state index is 12.3. The summed E-state index contributed by atoms with van der Waals surface area (Å²) in [5.41, 5.74) is 6.33. The first kappa shape index (κ1) is 16.5. The number of amides is 2. The molecule has 22 heavy (non-hydrogen) atoms. The number of hydrogen-bond acceptors (Lipinski definition) is 4. The number of carbonyl (C=O) groups excluding carboxylic acids is 2. The van der Waals surface area contributed by atoms with Crippen molar-refractivity contribution >= 4 is 11.8 Å². The molecule has 2 amide bonds. The predicted molar refractivity (Wildman–Crippen MR) is 80.7 cm³/mol. The van der Waals surface area contributed by atoms with E-state index in [4.69, 9.17) is 5.73 Å². The highest BCUT2D eigenvalue weighted by Crippen LogP contribution is 2.19. The number of hydrogen-bond donors (Lipinski definition) is 3. The Morgan fingerprint density at radius 2 is 2.00 bits per heavy atom. The molecule has 120 valence electrons. The van der Waals surface area contributed by atoms with Crippen molar-refractivity contribution in [3.63, 3.8) is 0 Å². The third-order valence-corrected chi connectivity index (χ3v) is 4.02. The molecule has 0 aliphatic carbocycles. The fourth-order valence-electron chi connectivity index (χ4n) is 2.74. The lowest BCUT2D eigenvalue weighted by Crippen LogP contribution is -2.56. The van der Waals surface area contributed by atoms with Crippen molar-refractivity contribution in [2.24, 2.45) is 5.73 Å². The topological polar surface area (TPSA) is 104 Å². The smallest absolute Gasteiger partial charge is 0.252 e. The van der Waals surface area contributed by atoms with Gasteiger partial charge < -0.3 is 20.8 Å². The zero-order valence-corrected chi connectivity index (χ0v) is 12.4. The average Bonchev–Trinajstić information content (AvgIpc) is 2.52. The number of benzene rings is 1. The second-order valence-corrected chi connectivity index (χ2v) is 5.67. The van der Waals surface area contributed by atoms with Gasteiger partial charge in [-0.2, -0.15) is 0 Å². The van der Waals surface area contributed by atoms with Crippen LogP contribution in [0.4, 0.5) is 0 Å². The van der Waals surface area contributed by atoms with Crippen molar-refractivity contribution in [3.05, 3.63) is 35.9 Å². The van der Waals surface area contributed by atoms with Gasteiger partial charge in [0.25, 0.3) is 5.91 Å². The van der Waals surface area contributed by atoms with Crippen molar-refractivity contribution < 1.29 is 19.8 Å². The van der Waals surface area contributed by atoms with E-state index in [1.54, 1.807) is 0 Å². The van der Waals surface area contributed by atoms with Gasteiger partial charge in [-0.1, -0.05) is 30.3 Å². The standard InChI is InChI=1S/C16H22N2O4/c17-15(21)13-10-12(19)8-9-18(13)16(22)14(20)7-6-11-4-2-1-3-5-11/h1-5,12-14,19-20H,6-10H2,(H2,17,21)/t12?,13?,14-/m1/s1. The first-order valence-electron chi connectivity index (χ1n) is 7.49. The van der Waals surface area contributed by atoms with Crippen LogP contribution in [0.2, 0.25) is 0 Å². The number of nitrogens with two attached hydrogens (primary N) is 1. The molecular formula is C16H22N2O4. The summed E-state index contributed by atoms with van der Waals surface area (Å²) in [7, 11) is 0. The molecule has 4 N–H and O–H groups in total. The highest BCUT2D eigenvalue weighted by atomic mass is 16.3. The van der Waals surface area contributed by atoms with E-state index in [-0.39, 0.29) is 19.4 Å². The Balaban J connectivity index is 1.95. The molecule has 1 aliphatic heterocycles. The predicted octanol–water partition coefficient (Wildman–Crippen LogP) is -0.183. The molecule has 6 nitrogen and oxygen atoms in total. The summed E-state index contributed by atoms with van der Waals surface area (Å²) in [6, 6.07) is 8.72. The molecule has 6 heteroatoms. The van der Waals surface area contributed by atoms with Crippen LogP contribution in [0.15, 0.2) is 30.3 Å². The zero-order valence-electron chi connectivity index (χ0n) is 12.4. The van der Waals surface area contributed by atoms with E-state index in [0.29, 0.717) is 12.8 Å². The van der Waals surface area contributed by atoms with Gasteiger partial charge in [-0.3, -0.25) is 9.59 Å². The Morgan fingerprint density at radius 3 is 2.64 bits per heavy atom. The van der Waals surface area contributed by atoms with E-state index in [0.717, 1.165) is 5.56 Å². The van der Waals surface area contributed by atoms with Crippen molar-refractivity contribution in [1.82, 2.24) is 4.90 Å². The maximum Gasteiger partial charge on any atom is 0.252 e. The van der Waals surface area contributed by atoms with Crippen molar-refractivity contribution in [1.29, 1.82) is 0 Å². The molecule has 2 rings (SSSR count). The van der Waals surface area contributed by atoms with Crippen LogP contribution in [0.25, 0.3) is 0 Å². The highest BCUT2D eigenvalue weighted by Gasteiger charge is 2.36. The second-order valence-electron chi connectivity index (χ2n) is 5.67. The molecule has 1 aliphatic rings. The maximum absolute atomic E-state index is 12.3. The quantitative estimate of drug-likeness (QED) is 0.702. The van der Waals surface area contributed by atoms with Crippen LogP contribution < -0.4 is 5.73 Å². The van der Waals surface area contributed by atoms with Crippen LogP contribution in [-0.2, 0) is 16.0 Å². The van der Waals surface area contributed by atoms with Gasteiger partial charge in [-0.25, -0.2) is 0 Å². The molecule has 1 aromatic rings. The second kappa shape index (κ2) is 7.38. The molecule has 0 bridgehead atoms. The third kappa shape index (κ3) is 4.05. The van der Waals surface area contributed by atoms with Crippen molar-refractivity contribution in [2.75, 3.05) is 6.54 Å². The molecule has 1 saturated heterocycles. The number of likely N-dealkylation sites (tertiary alicyclic amines) is 1. The van der Waals surface area contributed by atoms with Crippen LogP contribution in [0.1, 0.15) is 24.8 Å². The van der Waals surface area contributed by atoms with Crippen LogP contribution in [-0.4, -0.2) is 51.7 Å². The van der Waals surface area contributed by atoms with E-state index in [1.807, 2.05) is 30.3 Å². The van der Waals surface area contributed by atoms with Gasteiger partial charge in [0.15, 0.2) is 0 Å². The molecule has 0 spiro atoms. The van der Waals surface area contributed by atoms with Gasteiger partial charge in [-0.05, 0) is 24.8 Å². The number of carbonyl (C=O) groups is 2. The molecule has 0 aromatic heterocycles. The van der Waals surface area contributed by atoms with E-state index in [9.17, 15) is 19.8 Å². The Hall–Kier alpha value is -1.92. The van der Waals surface area contributed by atoms with Crippen LogP contribution >= 0.6 is 0 Å².